The largest absolute Gasteiger partial charge is 0.285 e. The first-order valence-electron chi connectivity index (χ1n) is 5.50. The van der Waals surface area contributed by atoms with Crippen LogP contribution >= 0.6 is 0 Å². The number of hydrogen-bond donors (Lipinski definition) is 1. The van der Waals surface area contributed by atoms with E-state index in [1.165, 1.54) is 19.3 Å². The molecule has 0 heterocycles. The molecule has 0 saturated heterocycles. The molecule has 4 heteroatoms. The second-order valence-electron chi connectivity index (χ2n) is 4.30. The van der Waals surface area contributed by atoms with Crippen molar-refractivity contribution in [3.63, 3.8) is 0 Å². The van der Waals surface area contributed by atoms with Crippen molar-refractivity contribution in [1.82, 2.24) is 0 Å². The lowest BCUT2D eigenvalue weighted by Crippen LogP contribution is -2.26. The summed E-state index contributed by atoms with van der Waals surface area (Å²) in [6.45, 7) is 2.17. The van der Waals surface area contributed by atoms with Crippen molar-refractivity contribution in [2.24, 2.45) is 5.92 Å². The van der Waals surface area contributed by atoms with Crippen molar-refractivity contribution in [2.45, 2.75) is 57.1 Å². The minimum atomic E-state index is -3.77. The van der Waals surface area contributed by atoms with Crippen LogP contribution in [0.5, 0.6) is 0 Å². The maximum absolute atomic E-state index is 10.9. The molecule has 0 aromatic carbocycles. The molecule has 1 fully saturated rings. The van der Waals surface area contributed by atoms with E-state index < -0.39 is 15.4 Å². The fourth-order valence-electron chi connectivity index (χ4n) is 2.21. The zero-order chi connectivity index (χ0) is 10.6. The van der Waals surface area contributed by atoms with E-state index in [2.05, 4.69) is 6.92 Å². The average Bonchev–Trinajstić information content (AvgIpc) is 2.14. The van der Waals surface area contributed by atoms with Gasteiger partial charge in [0.15, 0.2) is 0 Å². The molecule has 0 aromatic heterocycles. The van der Waals surface area contributed by atoms with Crippen molar-refractivity contribution in [3.05, 3.63) is 0 Å². The normalized spacial score (nSPS) is 29.0. The van der Waals surface area contributed by atoms with E-state index in [0.29, 0.717) is 18.8 Å². The molecular formula is C10H20O3S. The van der Waals surface area contributed by atoms with Crippen LogP contribution in [0.3, 0.4) is 0 Å². The first kappa shape index (κ1) is 12.0. The van der Waals surface area contributed by atoms with Crippen molar-refractivity contribution in [2.75, 3.05) is 0 Å². The molecule has 0 radical (unpaired) electrons. The highest BCUT2D eigenvalue weighted by Gasteiger charge is 2.28. The molecule has 1 aliphatic rings. The number of unbranched alkanes of at least 4 members (excludes halogenated alkanes) is 1. The lowest BCUT2D eigenvalue weighted by molar-refractivity contribution is 0.321. The zero-order valence-electron chi connectivity index (χ0n) is 8.78. The molecule has 0 unspecified atom stereocenters. The van der Waals surface area contributed by atoms with Gasteiger partial charge in [0.25, 0.3) is 10.1 Å². The van der Waals surface area contributed by atoms with Crippen LogP contribution in [-0.4, -0.2) is 18.2 Å². The Morgan fingerprint density at radius 2 is 1.79 bits per heavy atom. The maximum Gasteiger partial charge on any atom is 0.267 e. The molecule has 1 N–H and O–H groups in total. The van der Waals surface area contributed by atoms with Crippen LogP contribution in [0.1, 0.15) is 51.9 Å². The fourth-order valence-corrected chi connectivity index (χ4v) is 3.08. The molecule has 0 aliphatic heterocycles. The third-order valence-corrected chi connectivity index (χ3v) is 4.49. The van der Waals surface area contributed by atoms with E-state index in [4.69, 9.17) is 4.55 Å². The van der Waals surface area contributed by atoms with Gasteiger partial charge in [-0.05, 0) is 31.6 Å². The van der Waals surface area contributed by atoms with E-state index in [0.717, 1.165) is 12.8 Å². The Balaban J connectivity index is 2.31. The molecule has 14 heavy (non-hydrogen) atoms. The minimum Gasteiger partial charge on any atom is -0.285 e. The van der Waals surface area contributed by atoms with Gasteiger partial charge in [-0.1, -0.05) is 26.2 Å². The topological polar surface area (TPSA) is 54.4 Å². The molecule has 3 nitrogen and oxygen atoms in total. The molecule has 0 spiro atoms. The van der Waals surface area contributed by atoms with Gasteiger partial charge < -0.3 is 0 Å². The molecule has 0 bridgehead atoms. The molecule has 0 aromatic rings. The summed E-state index contributed by atoms with van der Waals surface area (Å²) < 4.78 is 30.6. The summed E-state index contributed by atoms with van der Waals surface area (Å²) in [6, 6.07) is 0. The predicted molar refractivity (Wildman–Crippen MR) is 56.8 cm³/mol. The zero-order valence-corrected chi connectivity index (χ0v) is 9.59. The standard InChI is InChI=1S/C10H20O3S/c1-2-3-4-9-5-7-10(8-6-9)14(11,12)13/h9-10H,2-8H2,1H3,(H,11,12,13). The van der Waals surface area contributed by atoms with Crippen molar-refractivity contribution in [3.8, 4) is 0 Å². The van der Waals surface area contributed by atoms with Crippen LogP contribution in [0.25, 0.3) is 0 Å². The first-order valence-corrected chi connectivity index (χ1v) is 7.00. The average molecular weight is 220 g/mol. The second-order valence-corrected chi connectivity index (χ2v) is 6.00. The van der Waals surface area contributed by atoms with Gasteiger partial charge in [-0.2, -0.15) is 8.42 Å². The van der Waals surface area contributed by atoms with Crippen LogP contribution in [-0.2, 0) is 10.1 Å². The Bertz CT molecular complexity index is 251. The van der Waals surface area contributed by atoms with E-state index in [9.17, 15) is 8.42 Å². The summed E-state index contributed by atoms with van der Waals surface area (Å²) >= 11 is 0. The van der Waals surface area contributed by atoms with Crippen LogP contribution < -0.4 is 0 Å². The Morgan fingerprint density at radius 3 is 2.21 bits per heavy atom. The Hall–Kier alpha value is -0.0900. The monoisotopic (exact) mass is 220 g/mol. The van der Waals surface area contributed by atoms with Crippen LogP contribution in [0.4, 0.5) is 0 Å². The Morgan fingerprint density at radius 1 is 1.21 bits per heavy atom. The van der Waals surface area contributed by atoms with Gasteiger partial charge in [-0.3, -0.25) is 4.55 Å². The summed E-state index contributed by atoms with van der Waals surface area (Å²) in [6.07, 6.45) is 6.88. The highest BCUT2D eigenvalue weighted by molar-refractivity contribution is 7.86. The van der Waals surface area contributed by atoms with Gasteiger partial charge in [0.1, 0.15) is 0 Å². The van der Waals surface area contributed by atoms with Gasteiger partial charge in [0, 0.05) is 0 Å². The van der Waals surface area contributed by atoms with Crippen LogP contribution in [0, 0.1) is 5.92 Å². The molecule has 1 saturated carbocycles. The van der Waals surface area contributed by atoms with Gasteiger partial charge >= 0.3 is 0 Å². The van der Waals surface area contributed by atoms with Gasteiger partial charge in [-0.25, -0.2) is 0 Å². The van der Waals surface area contributed by atoms with Crippen LogP contribution in [0.15, 0.2) is 0 Å². The quantitative estimate of drug-likeness (QED) is 0.741. The Labute approximate surface area is 86.6 Å². The van der Waals surface area contributed by atoms with Crippen molar-refractivity contribution < 1.29 is 13.0 Å². The minimum absolute atomic E-state index is 0.486. The Kier molecular flexibility index (Phi) is 4.38. The molecule has 1 aliphatic carbocycles. The smallest absolute Gasteiger partial charge is 0.267 e. The van der Waals surface area contributed by atoms with Gasteiger partial charge in [-0.15, -0.1) is 0 Å². The molecule has 1 rings (SSSR count). The SMILES string of the molecule is CCCCC1CCC(S(=O)(=O)O)CC1. The molecule has 84 valence electrons. The second kappa shape index (κ2) is 5.12. The fraction of sp³-hybridized carbons (Fsp3) is 1.00. The van der Waals surface area contributed by atoms with E-state index in [1.54, 1.807) is 0 Å². The van der Waals surface area contributed by atoms with Crippen LogP contribution in [0.2, 0.25) is 0 Å². The predicted octanol–water partition coefficient (Wildman–Crippen LogP) is 2.62. The molecular weight excluding hydrogens is 200 g/mol. The van der Waals surface area contributed by atoms with Gasteiger partial charge in [0.2, 0.25) is 0 Å². The van der Waals surface area contributed by atoms with E-state index in [1.807, 2.05) is 0 Å². The number of hydrogen-bond acceptors (Lipinski definition) is 2. The molecule has 0 amide bonds. The lowest BCUT2D eigenvalue weighted by Gasteiger charge is -2.26. The molecule has 0 atom stereocenters. The number of rotatable bonds is 4. The summed E-state index contributed by atoms with van der Waals surface area (Å²) in [4.78, 5) is 0. The maximum atomic E-state index is 10.9. The summed E-state index contributed by atoms with van der Waals surface area (Å²) in [5.74, 6) is 0.688. The van der Waals surface area contributed by atoms with E-state index >= 15 is 0 Å². The summed E-state index contributed by atoms with van der Waals surface area (Å²) in [5, 5.41) is -0.486. The highest BCUT2D eigenvalue weighted by atomic mass is 32.2. The summed E-state index contributed by atoms with van der Waals surface area (Å²) in [5.41, 5.74) is 0. The first-order chi connectivity index (χ1) is 6.54. The van der Waals surface area contributed by atoms with Crippen molar-refractivity contribution >= 4 is 10.1 Å². The highest BCUT2D eigenvalue weighted by Crippen LogP contribution is 2.31. The van der Waals surface area contributed by atoms with Gasteiger partial charge in [0.05, 0.1) is 5.25 Å². The lowest BCUT2D eigenvalue weighted by atomic mass is 9.85. The van der Waals surface area contributed by atoms with Crippen molar-refractivity contribution in [1.29, 1.82) is 0 Å². The third-order valence-electron chi connectivity index (χ3n) is 3.18. The van der Waals surface area contributed by atoms with E-state index in [-0.39, 0.29) is 0 Å². The summed E-state index contributed by atoms with van der Waals surface area (Å²) in [7, 11) is -3.77. The third kappa shape index (κ3) is 3.58.